The SMILES string of the molecule is C=C(C)C(=O)Nc1nc(Cl)ccc1I. The average Bonchev–Trinajstić information content (AvgIpc) is 2.11. The van der Waals surface area contributed by atoms with Crippen LogP contribution in [-0.2, 0) is 4.79 Å². The van der Waals surface area contributed by atoms with E-state index in [0.717, 1.165) is 3.57 Å². The zero-order valence-electron chi connectivity index (χ0n) is 7.47. The molecule has 1 aromatic heterocycles. The second kappa shape index (κ2) is 4.75. The van der Waals surface area contributed by atoms with E-state index in [1.807, 2.05) is 0 Å². The molecule has 0 aliphatic carbocycles. The van der Waals surface area contributed by atoms with Gasteiger partial charge in [-0.1, -0.05) is 18.2 Å². The Morgan fingerprint density at radius 2 is 2.29 bits per heavy atom. The van der Waals surface area contributed by atoms with Gasteiger partial charge in [-0.05, 0) is 41.6 Å². The van der Waals surface area contributed by atoms with Gasteiger partial charge in [-0.2, -0.15) is 0 Å². The van der Waals surface area contributed by atoms with Crippen molar-refractivity contribution in [3.63, 3.8) is 0 Å². The Labute approximate surface area is 101 Å². The van der Waals surface area contributed by atoms with Gasteiger partial charge in [-0.25, -0.2) is 4.98 Å². The summed E-state index contributed by atoms with van der Waals surface area (Å²) >= 11 is 7.76. The second-order valence-corrected chi connectivity index (χ2v) is 4.25. The van der Waals surface area contributed by atoms with Crippen LogP contribution in [0.4, 0.5) is 5.82 Å². The van der Waals surface area contributed by atoms with Crippen LogP contribution in [0.2, 0.25) is 5.15 Å². The summed E-state index contributed by atoms with van der Waals surface area (Å²) in [5.41, 5.74) is 0.433. The second-order valence-electron chi connectivity index (χ2n) is 2.70. The topological polar surface area (TPSA) is 42.0 Å². The van der Waals surface area contributed by atoms with E-state index in [9.17, 15) is 4.79 Å². The Morgan fingerprint density at radius 1 is 1.64 bits per heavy atom. The quantitative estimate of drug-likeness (QED) is 0.517. The molecule has 1 rings (SSSR count). The molecule has 3 nitrogen and oxygen atoms in total. The summed E-state index contributed by atoms with van der Waals surface area (Å²) in [6.07, 6.45) is 0. The molecular formula is C9H8ClIN2O. The van der Waals surface area contributed by atoms with Crippen LogP contribution < -0.4 is 5.32 Å². The molecule has 5 heteroatoms. The van der Waals surface area contributed by atoms with Gasteiger partial charge in [-0.15, -0.1) is 0 Å². The van der Waals surface area contributed by atoms with E-state index in [1.54, 1.807) is 19.1 Å². The van der Waals surface area contributed by atoms with Crippen LogP contribution in [0.25, 0.3) is 0 Å². The van der Waals surface area contributed by atoms with E-state index in [4.69, 9.17) is 11.6 Å². The fraction of sp³-hybridized carbons (Fsp3) is 0.111. The summed E-state index contributed by atoms with van der Waals surface area (Å²) in [7, 11) is 0. The molecule has 0 unspecified atom stereocenters. The number of carbonyl (C=O) groups excluding carboxylic acids is 1. The van der Waals surface area contributed by atoms with Crippen LogP contribution in [-0.4, -0.2) is 10.9 Å². The molecule has 0 bridgehead atoms. The molecule has 0 atom stereocenters. The standard InChI is InChI=1S/C9H8ClIN2O/c1-5(2)9(14)13-8-6(11)3-4-7(10)12-8/h3-4H,1H2,2H3,(H,12,13,14). The zero-order valence-corrected chi connectivity index (χ0v) is 10.4. The van der Waals surface area contributed by atoms with Gasteiger partial charge in [-0.3, -0.25) is 4.79 Å². The van der Waals surface area contributed by atoms with E-state index in [0.29, 0.717) is 16.5 Å². The first-order valence-electron chi connectivity index (χ1n) is 3.79. The molecular weight excluding hydrogens is 314 g/mol. The van der Waals surface area contributed by atoms with Crippen LogP contribution in [0.3, 0.4) is 0 Å². The number of halogens is 2. The van der Waals surface area contributed by atoms with Crippen molar-refractivity contribution in [1.82, 2.24) is 4.98 Å². The van der Waals surface area contributed by atoms with Gasteiger partial charge in [0, 0.05) is 5.57 Å². The van der Waals surface area contributed by atoms with Gasteiger partial charge in [0.25, 0.3) is 5.91 Å². The van der Waals surface area contributed by atoms with Crippen LogP contribution in [0.15, 0.2) is 24.3 Å². The highest BCUT2D eigenvalue weighted by molar-refractivity contribution is 14.1. The lowest BCUT2D eigenvalue weighted by Crippen LogP contribution is -2.14. The fourth-order valence-electron chi connectivity index (χ4n) is 0.720. The molecule has 0 saturated carbocycles. The Bertz CT molecular complexity index is 392. The summed E-state index contributed by atoms with van der Waals surface area (Å²) in [6.45, 7) is 5.16. The van der Waals surface area contributed by atoms with Crippen molar-refractivity contribution >= 4 is 45.9 Å². The minimum Gasteiger partial charge on any atom is -0.306 e. The maximum atomic E-state index is 11.3. The number of hydrogen-bond acceptors (Lipinski definition) is 2. The number of pyridine rings is 1. The first-order chi connectivity index (χ1) is 6.50. The Hall–Kier alpha value is -0.620. The van der Waals surface area contributed by atoms with Crippen LogP contribution in [0.5, 0.6) is 0 Å². The molecule has 0 saturated heterocycles. The highest BCUT2D eigenvalue weighted by Crippen LogP contribution is 2.18. The van der Waals surface area contributed by atoms with Crippen molar-refractivity contribution in [2.45, 2.75) is 6.92 Å². The van der Waals surface area contributed by atoms with Crippen molar-refractivity contribution < 1.29 is 4.79 Å². The first kappa shape index (κ1) is 11.5. The minimum absolute atomic E-state index is 0.252. The lowest BCUT2D eigenvalue weighted by atomic mass is 10.3. The first-order valence-corrected chi connectivity index (χ1v) is 5.25. The smallest absolute Gasteiger partial charge is 0.251 e. The Balaban J connectivity index is 2.91. The van der Waals surface area contributed by atoms with Crippen LogP contribution in [0, 0.1) is 3.57 Å². The third-order valence-electron chi connectivity index (χ3n) is 1.43. The molecule has 0 aliphatic heterocycles. The summed E-state index contributed by atoms with van der Waals surface area (Å²) in [6, 6.07) is 3.45. The van der Waals surface area contributed by atoms with Crippen molar-refractivity contribution in [2.75, 3.05) is 5.32 Å². The molecule has 0 aliphatic rings. The molecule has 0 aromatic carbocycles. The highest BCUT2D eigenvalue weighted by Gasteiger charge is 2.07. The van der Waals surface area contributed by atoms with E-state index in [-0.39, 0.29) is 5.91 Å². The third kappa shape index (κ3) is 2.95. The van der Waals surface area contributed by atoms with Gasteiger partial charge < -0.3 is 5.32 Å². The van der Waals surface area contributed by atoms with Crippen molar-refractivity contribution in [3.8, 4) is 0 Å². The lowest BCUT2D eigenvalue weighted by Gasteiger charge is -2.05. The average molecular weight is 323 g/mol. The molecule has 14 heavy (non-hydrogen) atoms. The van der Waals surface area contributed by atoms with Gasteiger partial charge in [0.1, 0.15) is 11.0 Å². The maximum absolute atomic E-state index is 11.3. The van der Waals surface area contributed by atoms with Crippen molar-refractivity contribution in [1.29, 1.82) is 0 Å². The third-order valence-corrected chi connectivity index (χ3v) is 2.51. The normalized spacial score (nSPS) is 9.64. The number of carbonyl (C=O) groups is 1. The highest BCUT2D eigenvalue weighted by atomic mass is 127. The molecule has 0 radical (unpaired) electrons. The van der Waals surface area contributed by atoms with Crippen molar-refractivity contribution in [3.05, 3.63) is 33.0 Å². The van der Waals surface area contributed by atoms with Crippen LogP contribution >= 0.6 is 34.2 Å². The van der Waals surface area contributed by atoms with Crippen LogP contribution in [0.1, 0.15) is 6.92 Å². The lowest BCUT2D eigenvalue weighted by molar-refractivity contribution is -0.112. The number of rotatable bonds is 2. The monoisotopic (exact) mass is 322 g/mol. The van der Waals surface area contributed by atoms with E-state index in [2.05, 4.69) is 39.5 Å². The van der Waals surface area contributed by atoms with Gasteiger partial charge in [0.05, 0.1) is 3.57 Å². The summed E-state index contributed by atoms with van der Waals surface area (Å²) in [5, 5.41) is 2.96. The molecule has 1 N–H and O–H groups in total. The summed E-state index contributed by atoms with van der Waals surface area (Å²) in [4.78, 5) is 15.3. The van der Waals surface area contributed by atoms with E-state index in [1.165, 1.54) is 0 Å². The predicted octanol–water partition coefficient (Wildman–Crippen LogP) is 2.85. The number of aromatic nitrogens is 1. The number of amides is 1. The number of hydrogen-bond donors (Lipinski definition) is 1. The molecule has 0 spiro atoms. The number of anilines is 1. The molecule has 1 amide bonds. The molecule has 74 valence electrons. The number of nitrogens with one attached hydrogen (secondary N) is 1. The predicted molar refractivity (Wildman–Crippen MR) is 65.4 cm³/mol. The Kier molecular flexibility index (Phi) is 3.88. The Morgan fingerprint density at radius 3 is 2.86 bits per heavy atom. The van der Waals surface area contributed by atoms with Gasteiger partial charge >= 0.3 is 0 Å². The zero-order chi connectivity index (χ0) is 10.7. The van der Waals surface area contributed by atoms with Gasteiger partial charge in [0.15, 0.2) is 0 Å². The summed E-state index contributed by atoms with van der Waals surface area (Å²) in [5.74, 6) is 0.212. The van der Waals surface area contributed by atoms with E-state index < -0.39 is 0 Å². The van der Waals surface area contributed by atoms with E-state index >= 15 is 0 Å². The largest absolute Gasteiger partial charge is 0.306 e. The number of nitrogens with zero attached hydrogens (tertiary/aromatic N) is 1. The summed E-state index contributed by atoms with van der Waals surface area (Å²) < 4.78 is 0.835. The molecule has 0 fully saturated rings. The van der Waals surface area contributed by atoms with Crippen molar-refractivity contribution in [2.24, 2.45) is 0 Å². The molecule has 1 aromatic rings. The maximum Gasteiger partial charge on any atom is 0.251 e. The molecule has 1 heterocycles. The minimum atomic E-state index is -0.252. The fourth-order valence-corrected chi connectivity index (χ4v) is 1.30. The van der Waals surface area contributed by atoms with Gasteiger partial charge in [0.2, 0.25) is 0 Å².